The van der Waals surface area contributed by atoms with Gasteiger partial charge in [-0.15, -0.1) is 0 Å². The second kappa shape index (κ2) is 6.95. The van der Waals surface area contributed by atoms with E-state index in [0.717, 1.165) is 42.4 Å². The second-order valence-corrected chi connectivity index (χ2v) is 6.39. The molecule has 126 valence electrons. The Labute approximate surface area is 142 Å². The van der Waals surface area contributed by atoms with Gasteiger partial charge in [-0.05, 0) is 51.8 Å². The van der Waals surface area contributed by atoms with Crippen LogP contribution < -0.4 is 10.2 Å². The van der Waals surface area contributed by atoms with Crippen molar-refractivity contribution in [3.63, 3.8) is 0 Å². The number of carbonyl (C=O) groups is 1. The molecule has 2 aromatic rings. The number of amides is 1. The highest BCUT2D eigenvalue weighted by molar-refractivity contribution is 5.92. The van der Waals surface area contributed by atoms with E-state index in [1.165, 1.54) is 0 Å². The minimum absolute atomic E-state index is 0.0159. The van der Waals surface area contributed by atoms with Crippen LogP contribution in [0.5, 0.6) is 0 Å². The summed E-state index contributed by atoms with van der Waals surface area (Å²) in [5, 5.41) is 2.93. The predicted molar refractivity (Wildman–Crippen MR) is 94.0 cm³/mol. The molecule has 24 heavy (non-hydrogen) atoms. The van der Waals surface area contributed by atoms with Crippen molar-refractivity contribution in [3.05, 3.63) is 41.3 Å². The lowest BCUT2D eigenvalue weighted by Crippen LogP contribution is -2.41. The Morgan fingerprint density at radius 2 is 1.88 bits per heavy atom. The van der Waals surface area contributed by atoms with Gasteiger partial charge in [0.05, 0.1) is 5.92 Å². The Morgan fingerprint density at radius 1 is 1.12 bits per heavy atom. The van der Waals surface area contributed by atoms with E-state index in [2.05, 4.69) is 25.2 Å². The van der Waals surface area contributed by atoms with Gasteiger partial charge < -0.3 is 10.2 Å². The average molecular weight is 325 g/mol. The van der Waals surface area contributed by atoms with E-state index >= 15 is 0 Å². The smallest absolute Gasteiger partial charge is 0.230 e. The molecule has 0 aliphatic carbocycles. The number of hydrogen-bond donors (Lipinski definition) is 1. The number of rotatable bonds is 3. The van der Waals surface area contributed by atoms with Crippen molar-refractivity contribution < 1.29 is 4.79 Å². The van der Waals surface area contributed by atoms with Crippen LogP contribution in [0.25, 0.3) is 0 Å². The Morgan fingerprint density at radius 3 is 2.58 bits per heavy atom. The van der Waals surface area contributed by atoms with E-state index in [4.69, 9.17) is 0 Å². The quantitative estimate of drug-likeness (QED) is 0.939. The molecule has 0 bridgehead atoms. The zero-order valence-corrected chi connectivity index (χ0v) is 14.4. The number of piperidine rings is 1. The Bertz CT molecular complexity index is 726. The zero-order chi connectivity index (χ0) is 17.1. The fourth-order valence-corrected chi connectivity index (χ4v) is 3.06. The SMILES string of the molecule is Cc1cccc(NC(=O)C2CCCN(c3nc(C)cc(C)n3)C2)n1. The van der Waals surface area contributed by atoms with E-state index in [1.807, 2.05) is 45.0 Å². The molecule has 1 atom stereocenters. The van der Waals surface area contributed by atoms with Gasteiger partial charge in [0, 0.05) is 30.2 Å². The highest BCUT2D eigenvalue weighted by atomic mass is 16.2. The molecule has 6 nitrogen and oxygen atoms in total. The molecule has 2 aromatic heterocycles. The molecule has 1 saturated heterocycles. The molecule has 1 amide bonds. The van der Waals surface area contributed by atoms with Crippen molar-refractivity contribution in [3.8, 4) is 0 Å². The maximum atomic E-state index is 12.6. The molecular weight excluding hydrogens is 302 g/mol. The maximum absolute atomic E-state index is 12.6. The van der Waals surface area contributed by atoms with E-state index < -0.39 is 0 Å². The number of anilines is 2. The number of carbonyl (C=O) groups excluding carboxylic acids is 1. The lowest BCUT2D eigenvalue weighted by atomic mass is 9.97. The monoisotopic (exact) mass is 325 g/mol. The highest BCUT2D eigenvalue weighted by Crippen LogP contribution is 2.22. The lowest BCUT2D eigenvalue weighted by molar-refractivity contribution is -0.120. The summed E-state index contributed by atoms with van der Waals surface area (Å²) in [6.07, 6.45) is 1.83. The molecule has 6 heteroatoms. The first-order valence-electron chi connectivity index (χ1n) is 8.33. The Hall–Kier alpha value is -2.50. The molecule has 1 aliphatic heterocycles. The van der Waals surface area contributed by atoms with Gasteiger partial charge in [0.25, 0.3) is 0 Å². The summed E-state index contributed by atoms with van der Waals surface area (Å²) in [5.74, 6) is 1.27. The van der Waals surface area contributed by atoms with E-state index in [-0.39, 0.29) is 11.8 Å². The number of nitrogens with zero attached hydrogens (tertiary/aromatic N) is 4. The first-order chi connectivity index (χ1) is 11.5. The molecule has 1 aliphatic rings. The van der Waals surface area contributed by atoms with Gasteiger partial charge in [-0.2, -0.15) is 0 Å². The minimum Gasteiger partial charge on any atom is -0.340 e. The summed E-state index contributed by atoms with van der Waals surface area (Å²) in [6.45, 7) is 7.37. The van der Waals surface area contributed by atoms with Crippen LogP contribution in [0.4, 0.5) is 11.8 Å². The van der Waals surface area contributed by atoms with Crippen molar-refractivity contribution >= 4 is 17.7 Å². The van der Waals surface area contributed by atoms with E-state index in [1.54, 1.807) is 0 Å². The van der Waals surface area contributed by atoms with Crippen molar-refractivity contribution in [2.45, 2.75) is 33.6 Å². The maximum Gasteiger partial charge on any atom is 0.230 e. The molecule has 0 saturated carbocycles. The first kappa shape index (κ1) is 16.4. The summed E-state index contributed by atoms with van der Waals surface area (Å²) in [7, 11) is 0. The Balaban J connectivity index is 1.69. The lowest BCUT2D eigenvalue weighted by Gasteiger charge is -2.32. The fourth-order valence-electron chi connectivity index (χ4n) is 3.06. The van der Waals surface area contributed by atoms with Gasteiger partial charge in [-0.3, -0.25) is 4.79 Å². The van der Waals surface area contributed by atoms with Gasteiger partial charge in [-0.1, -0.05) is 6.07 Å². The first-order valence-corrected chi connectivity index (χ1v) is 8.33. The van der Waals surface area contributed by atoms with Crippen LogP contribution in [0.3, 0.4) is 0 Å². The molecule has 3 heterocycles. The third kappa shape index (κ3) is 3.88. The van der Waals surface area contributed by atoms with Crippen LogP contribution in [0.15, 0.2) is 24.3 Å². The van der Waals surface area contributed by atoms with Crippen molar-refractivity contribution in [2.24, 2.45) is 5.92 Å². The standard InChI is InChI=1S/C18H23N5O/c1-12-6-4-8-16(19-12)22-17(24)15-7-5-9-23(11-15)18-20-13(2)10-14(3)21-18/h4,6,8,10,15H,5,7,9,11H2,1-3H3,(H,19,22,24). The van der Waals surface area contributed by atoms with Crippen LogP contribution in [0, 0.1) is 26.7 Å². The third-order valence-corrected chi connectivity index (χ3v) is 4.19. The largest absolute Gasteiger partial charge is 0.340 e. The van der Waals surface area contributed by atoms with Crippen LogP contribution >= 0.6 is 0 Å². The normalized spacial score (nSPS) is 17.6. The second-order valence-electron chi connectivity index (χ2n) is 6.39. The highest BCUT2D eigenvalue weighted by Gasteiger charge is 2.27. The number of aryl methyl sites for hydroxylation is 3. The van der Waals surface area contributed by atoms with Crippen molar-refractivity contribution in [1.29, 1.82) is 0 Å². The van der Waals surface area contributed by atoms with Crippen LogP contribution in [-0.2, 0) is 4.79 Å². The summed E-state index contributed by atoms with van der Waals surface area (Å²) >= 11 is 0. The summed E-state index contributed by atoms with van der Waals surface area (Å²) < 4.78 is 0. The molecule has 1 fully saturated rings. The average Bonchev–Trinajstić information content (AvgIpc) is 2.54. The third-order valence-electron chi connectivity index (χ3n) is 4.19. The van der Waals surface area contributed by atoms with Gasteiger partial charge in [-0.25, -0.2) is 15.0 Å². The molecule has 0 spiro atoms. The molecular formula is C18H23N5O. The van der Waals surface area contributed by atoms with Crippen LogP contribution in [-0.4, -0.2) is 33.9 Å². The van der Waals surface area contributed by atoms with Gasteiger partial charge in [0.1, 0.15) is 5.82 Å². The van der Waals surface area contributed by atoms with Crippen LogP contribution in [0.2, 0.25) is 0 Å². The molecule has 0 radical (unpaired) electrons. The van der Waals surface area contributed by atoms with Crippen molar-refractivity contribution in [1.82, 2.24) is 15.0 Å². The molecule has 0 aromatic carbocycles. The van der Waals surface area contributed by atoms with Gasteiger partial charge in [0.15, 0.2) is 0 Å². The Kier molecular flexibility index (Phi) is 4.74. The molecule has 1 unspecified atom stereocenters. The summed E-state index contributed by atoms with van der Waals surface area (Å²) in [6, 6.07) is 7.59. The van der Waals surface area contributed by atoms with Crippen molar-refractivity contribution in [2.75, 3.05) is 23.3 Å². The van der Waals surface area contributed by atoms with E-state index in [0.29, 0.717) is 12.4 Å². The zero-order valence-electron chi connectivity index (χ0n) is 14.4. The summed E-state index contributed by atoms with van der Waals surface area (Å²) in [4.78, 5) is 28.1. The molecule has 1 N–H and O–H groups in total. The number of hydrogen-bond acceptors (Lipinski definition) is 5. The summed E-state index contributed by atoms with van der Waals surface area (Å²) in [5.41, 5.74) is 2.79. The number of nitrogens with one attached hydrogen (secondary N) is 1. The number of aromatic nitrogens is 3. The number of pyridine rings is 1. The predicted octanol–water partition coefficient (Wildman–Crippen LogP) is 2.65. The van der Waals surface area contributed by atoms with E-state index in [9.17, 15) is 4.79 Å². The molecule has 3 rings (SSSR count). The topological polar surface area (TPSA) is 71.0 Å². The minimum atomic E-state index is -0.0783. The van der Waals surface area contributed by atoms with Gasteiger partial charge in [0.2, 0.25) is 11.9 Å². The van der Waals surface area contributed by atoms with Gasteiger partial charge >= 0.3 is 0 Å². The fraction of sp³-hybridized carbons (Fsp3) is 0.444. The van der Waals surface area contributed by atoms with Crippen LogP contribution in [0.1, 0.15) is 29.9 Å².